The van der Waals surface area contributed by atoms with Gasteiger partial charge in [0.05, 0.1) is 6.04 Å². The first-order valence-corrected chi connectivity index (χ1v) is 9.74. The molecule has 1 saturated heterocycles. The Bertz CT molecular complexity index is 701. The smallest absolute Gasteiger partial charge is 0.123 e. The molecule has 4 nitrogen and oxygen atoms in total. The Morgan fingerprint density at radius 3 is 2.46 bits per heavy atom. The topological polar surface area (TPSA) is 59.3 Å². The van der Waals surface area contributed by atoms with Crippen molar-refractivity contribution in [3.63, 3.8) is 0 Å². The van der Waals surface area contributed by atoms with E-state index < -0.39 is 0 Å². The zero-order valence-electron chi connectivity index (χ0n) is 16.0. The summed E-state index contributed by atoms with van der Waals surface area (Å²) < 4.78 is 6.48. The van der Waals surface area contributed by atoms with Gasteiger partial charge in [-0.1, -0.05) is 51.1 Å². The van der Waals surface area contributed by atoms with Gasteiger partial charge in [0.2, 0.25) is 0 Å². The number of ether oxygens (including phenoxy) is 1. The standard InChI is InChI=1S/C22H31N3O/c1-4-15(3)18-8-6-7-9-22(18)26-21(5-2)20-14-19(24-25-20)16-10-12-17(23)13-11-16/h6-13,15,19-21,24-25H,4-5,14,23H2,1-3H3. The molecule has 4 N–H and O–H groups in total. The lowest BCUT2D eigenvalue weighted by molar-refractivity contribution is 0.152. The molecule has 0 amide bonds. The molecule has 0 aliphatic carbocycles. The van der Waals surface area contributed by atoms with Gasteiger partial charge in [-0.3, -0.25) is 5.43 Å². The summed E-state index contributed by atoms with van der Waals surface area (Å²) >= 11 is 0. The molecule has 0 radical (unpaired) electrons. The first-order chi connectivity index (χ1) is 12.6. The Balaban J connectivity index is 1.69. The van der Waals surface area contributed by atoms with Gasteiger partial charge in [-0.15, -0.1) is 0 Å². The van der Waals surface area contributed by atoms with E-state index in [1.807, 2.05) is 12.1 Å². The Hall–Kier alpha value is -2.04. The molecule has 0 bridgehead atoms. The molecule has 4 unspecified atom stereocenters. The fourth-order valence-electron chi connectivity index (χ4n) is 3.60. The van der Waals surface area contributed by atoms with Gasteiger partial charge in [-0.25, -0.2) is 5.43 Å². The van der Waals surface area contributed by atoms with E-state index in [-0.39, 0.29) is 18.2 Å². The maximum atomic E-state index is 6.48. The van der Waals surface area contributed by atoms with E-state index in [4.69, 9.17) is 10.5 Å². The van der Waals surface area contributed by atoms with Gasteiger partial charge in [0, 0.05) is 11.7 Å². The minimum absolute atomic E-state index is 0.131. The molecular weight excluding hydrogens is 322 g/mol. The van der Waals surface area contributed by atoms with Crippen LogP contribution in [0.2, 0.25) is 0 Å². The van der Waals surface area contributed by atoms with Crippen molar-refractivity contribution in [1.82, 2.24) is 10.9 Å². The third kappa shape index (κ3) is 4.19. The van der Waals surface area contributed by atoms with Crippen LogP contribution in [0.3, 0.4) is 0 Å². The number of hydrazine groups is 1. The van der Waals surface area contributed by atoms with Crippen molar-refractivity contribution >= 4 is 5.69 Å². The molecule has 0 spiro atoms. The highest BCUT2D eigenvalue weighted by molar-refractivity contribution is 5.40. The lowest BCUT2D eigenvalue weighted by Gasteiger charge is -2.26. The number of nitrogens with one attached hydrogen (secondary N) is 2. The highest BCUT2D eigenvalue weighted by Gasteiger charge is 2.32. The molecule has 1 aliphatic rings. The number of anilines is 1. The summed E-state index contributed by atoms with van der Waals surface area (Å²) in [5.41, 5.74) is 16.0. The van der Waals surface area contributed by atoms with Crippen LogP contribution in [-0.2, 0) is 0 Å². The normalized spacial score (nSPS) is 22.1. The number of hydrogen-bond donors (Lipinski definition) is 3. The molecule has 1 fully saturated rings. The second-order valence-electron chi connectivity index (χ2n) is 7.26. The van der Waals surface area contributed by atoms with Crippen molar-refractivity contribution in [3.8, 4) is 5.75 Å². The monoisotopic (exact) mass is 353 g/mol. The first-order valence-electron chi connectivity index (χ1n) is 9.74. The minimum atomic E-state index is 0.131. The summed E-state index contributed by atoms with van der Waals surface area (Å²) in [4.78, 5) is 0. The van der Waals surface area contributed by atoms with Gasteiger partial charge < -0.3 is 10.5 Å². The molecule has 26 heavy (non-hydrogen) atoms. The van der Waals surface area contributed by atoms with Crippen LogP contribution in [0.4, 0.5) is 5.69 Å². The Morgan fingerprint density at radius 2 is 1.77 bits per heavy atom. The molecule has 1 aliphatic heterocycles. The summed E-state index contributed by atoms with van der Waals surface area (Å²) in [6, 6.07) is 17.1. The Kier molecular flexibility index (Phi) is 6.17. The molecular formula is C22H31N3O. The molecule has 0 saturated carbocycles. The molecule has 1 heterocycles. The predicted molar refractivity (Wildman–Crippen MR) is 108 cm³/mol. The highest BCUT2D eigenvalue weighted by Crippen LogP contribution is 2.32. The molecule has 3 rings (SSSR count). The van der Waals surface area contributed by atoms with Crippen LogP contribution in [0, 0.1) is 0 Å². The summed E-state index contributed by atoms with van der Waals surface area (Å²) in [5, 5.41) is 0. The van der Waals surface area contributed by atoms with Gasteiger partial charge in [-0.2, -0.15) is 0 Å². The molecule has 140 valence electrons. The van der Waals surface area contributed by atoms with Gasteiger partial charge >= 0.3 is 0 Å². The molecule has 0 aromatic heterocycles. The number of nitrogen functional groups attached to an aromatic ring is 1. The second-order valence-corrected chi connectivity index (χ2v) is 7.26. The van der Waals surface area contributed by atoms with Crippen molar-refractivity contribution in [1.29, 1.82) is 0 Å². The quantitative estimate of drug-likeness (QED) is 0.639. The Labute approximate surface area is 157 Å². The summed E-state index contributed by atoms with van der Waals surface area (Å²) in [7, 11) is 0. The third-order valence-electron chi connectivity index (χ3n) is 5.46. The third-order valence-corrected chi connectivity index (χ3v) is 5.46. The lowest BCUT2D eigenvalue weighted by Crippen LogP contribution is -2.41. The average Bonchev–Trinajstić information content (AvgIpc) is 3.16. The van der Waals surface area contributed by atoms with E-state index in [1.165, 1.54) is 11.1 Å². The van der Waals surface area contributed by atoms with Crippen molar-refractivity contribution in [2.75, 3.05) is 5.73 Å². The van der Waals surface area contributed by atoms with Crippen LogP contribution < -0.4 is 21.3 Å². The van der Waals surface area contributed by atoms with Crippen LogP contribution in [-0.4, -0.2) is 12.1 Å². The number of nitrogens with two attached hydrogens (primary N) is 1. The van der Waals surface area contributed by atoms with Crippen LogP contribution >= 0.6 is 0 Å². The Morgan fingerprint density at radius 1 is 1.04 bits per heavy atom. The summed E-state index contributed by atoms with van der Waals surface area (Å²) in [6.45, 7) is 6.67. The number of benzene rings is 2. The number of para-hydroxylation sites is 1. The summed E-state index contributed by atoms with van der Waals surface area (Å²) in [6.07, 6.45) is 3.20. The zero-order chi connectivity index (χ0) is 18.5. The first kappa shape index (κ1) is 18.7. The second kappa shape index (κ2) is 8.56. The van der Waals surface area contributed by atoms with E-state index in [0.717, 1.165) is 30.7 Å². The molecule has 4 heteroatoms. The average molecular weight is 354 g/mol. The fourth-order valence-corrected chi connectivity index (χ4v) is 3.60. The minimum Gasteiger partial charge on any atom is -0.488 e. The van der Waals surface area contributed by atoms with Gasteiger partial charge in [0.1, 0.15) is 11.9 Å². The van der Waals surface area contributed by atoms with Crippen molar-refractivity contribution in [2.24, 2.45) is 0 Å². The summed E-state index contributed by atoms with van der Waals surface area (Å²) in [5.74, 6) is 1.52. The van der Waals surface area contributed by atoms with Crippen LogP contribution in [0.5, 0.6) is 5.75 Å². The van der Waals surface area contributed by atoms with Gasteiger partial charge in [-0.05, 0) is 54.5 Å². The molecule has 2 aromatic rings. The SMILES string of the molecule is CCC(C)c1ccccc1OC(CC)C1CC(c2ccc(N)cc2)NN1. The van der Waals surface area contributed by atoms with E-state index in [2.05, 4.69) is 68.0 Å². The molecule has 4 atom stereocenters. The maximum Gasteiger partial charge on any atom is 0.123 e. The van der Waals surface area contributed by atoms with Crippen molar-refractivity contribution < 1.29 is 4.74 Å². The zero-order valence-corrected chi connectivity index (χ0v) is 16.0. The van der Waals surface area contributed by atoms with Crippen LogP contribution in [0.15, 0.2) is 48.5 Å². The van der Waals surface area contributed by atoms with E-state index in [1.54, 1.807) is 0 Å². The molecule has 2 aromatic carbocycles. The predicted octanol–water partition coefficient (Wildman–Crippen LogP) is 4.55. The van der Waals surface area contributed by atoms with Crippen LogP contribution in [0.25, 0.3) is 0 Å². The maximum absolute atomic E-state index is 6.48. The van der Waals surface area contributed by atoms with Crippen molar-refractivity contribution in [3.05, 3.63) is 59.7 Å². The van der Waals surface area contributed by atoms with Crippen LogP contribution in [0.1, 0.15) is 63.1 Å². The van der Waals surface area contributed by atoms with E-state index in [9.17, 15) is 0 Å². The number of hydrogen-bond acceptors (Lipinski definition) is 4. The largest absolute Gasteiger partial charge is 0.488 e. The lowest BCUT2D eigenvalue weighted by atomic mass is 9.96. The van der Waals surface area contributed by atoms with Gasteiger partial charge in [0.15, 0.2) is 0 Å². The fraction of sp³-hybridized carbons (Fsp3) is 0.455. The van der Waals surface area contributed by atoms with Gasteiger partial charge in [0.25, 0.3) is 0 Å². The van der Waals surface area contributed by atoms with E-state index >= 15 is 0 Å². The highest BCUT2D eigenvalue weighted by atomic mass is 16.5. The van der Waals surface area contributed by atoms with Crippen molar-refractivity contribution in [2.45, 2.75) is 64.1 Å². The number of rotatable bonds is 7. The van der Waals surface area contributed by atoms with E-state index in [0.29, 0.717) is 5.92 Å².